The molecule has 0 spiro atoms. The molecular formula is C11H11F3O3. The van der Waals surface area contributed by atoms with E-state index in [-0.39, 0.29) is 24.2 Å². The Balaban J connectivity index is 2.22. The highest BCUT2D eigenvalue weighted by Crippen LogP contribution is 2.38. The highest BCUT2D eigenvalue weighted by Gasteiger charge is 2.35. The Morgan fingerprint density at radius 2 is 2.12 bits per heavy atom. The van der Waals surface area contributed by atoms with Crippen molar-refractivity contribution in [3.63, 3.8) is 0 Å². The smallest absolute Gasteiger partial charge is 0.420 e. The molecule has 1 fully saturated rings. The second-order valence-corrected chi connectivity index (χ2v) is 3.63. The lowest BCUT2D eigenvalue weighted by molar-refractivity contribution is -0.139. The number of hydrogen-bond donors (Lipinski definition) is 0. The predicted molar refractivity (Wildman–Crippen MR) is 53.2 cm³/mol. The van der Waals surface area contributed by atoms with E-state index in [0.717, 1.165) is 6.07 Å². The Bertz CT molecular complexity index is 399. The van der Waals surface area contributed by atoms with Crippen molar-refractivity contribution in [3.05, 3.63) is 23.8 Å². The van der Waals surface area contributed by atoms with Gasteiger partial charge in [-0.05, 0) is 18.2 Å². The molecule has 1 atom stereocenters. The number of epoxide rings is 1. The summed E-state index contributed by atoms with van der Waals surface area (Å²) in [6, 6.07) is 3.60. The standard InChI is InChI=1S/C11H11F3O3/c1-15-7-2-3-10(17-6-8-5-16-8)9(4-7)11(12,13)14/h2-4,8H,5-6H2,1H3. The van der Waals surface area contributed by atoms with Crippen molar-refractivity contribution in [1.82, 2.24) is 0 Å². The second-order valence-electron chi connectivity index (χ2n) is 3.63. The summed E-state index contributed by atoms with van der Waals surface area (Å²) < 4.78 is 52.9. The largest absolute Gasteiger partial charge is 0.497 e. The highest BCUT2D eigenvalue weighted by molar-refractivity contribution is 5.42. The van der Waals surface area contributed by atoms with Gasteiger partial charge in [0.1, 0.15) is 29.8 Å². The van der Waals surface area contributed by atoms with E-state index in [4.69, 9.17) is 14.2 Å². The van der Waals surface area contributed by atoms with Gasteiger partial charge in [-0.3, -0.25) is 0 Å². The maximum Gasteiger partial charge on any atom is 0.420 e. The molecule has 1 aliphatic heterocycles. The van der Waals surface area contributed by atoms with E-state index in [1.807, 2.05) is 0 Å². The Morgan fingerprint density at radius 1 is 1.41 bits per heavy atom. The summed E-state index contributed by atoms with van der Waals surface area (Å²) >= 11 is 0. The van der Waals surface area contributed by atoms with Crippen LogP contribution in [0.5, 0.6) is 11.5 Å². The van der Waals surface area contributed by atoms with Gasteiger partial charge in [0.2, 0.25) is 0 Å². The van der Waals surface area contributed by atoms with E-state index in [2.05, 4.69) is 0 Å². The molecule has 94 valence electrons. The number of ether oxygens (including phenoxy) is 3. The van der Waals surface area contributed by atoms with E-state index in [0.29, 0.717) is 6.61 Å². The Labute approximate surface area is 96.1 Å². The maximum absolute atomic E-state index is 12.7. The van der Waals surface area contributed by atoms with Crippen LogP contribution >= 0.6 is 0 Å². The molecule has 0 bridgehead atoms. The van der Waals surface area contributed by atoms with E-state index in [9.17, 15) is 13.2 Å². The third-order valence-corrected chi connectivity index (χ3v) is 2.32. The minimum atomic E-state index is -4.46. The first-order valence-corrected chi connectivity index (χ1v) is 5.00. The molecule has 1 saturated heterocycles. The summed E-state index contributed by atoms with van der Waals surface area (Å²) in [4.78, 5) is 0. The van der Waals surface area contributed by atoms with Gasteiger partial charge >= 0.3 is 6.18 Å². The van der Waals surface area contributed by atoms with Gasteiger partial charge < -0.3 is 14.2 Å². The summed E-state index contributed by atoms with van der Waals surface area (Å²) in [5.41, 5.74) is -0.836. The van der Waals surface area contributed by atoms with Crippen LogP contribution in [-0.4, -0.2) is 26.4 Å². The van der Waals surface area contributed by atoms with Gasteiger partial charge in [-0.1, -0.05) is 0 Å². The molecular weight excluding hydrogens is 237 g/mol. The lowest BCUT2D eigenvalue weighted by atomic mass is 10.2. The molecule has 0 amide bonds. The molecule has 1 heterocycles. The first-order valence-electron chi connectivity index (χ1n) is 5.00. The third-order valence-electron chi connectivity index (χ3n) is 2.32. The van der Waals surface area contributed by atoms with E-state index in [1.54, 1.807) is 0 Å². The first-order chi connectivity index (χ1) is 8.00. The molecule has 0 radical (unpaired) electrons. The number of hydrogen-bond acceptors (Lipinski definition) is 3. The van der Waals surface area contributed by atoms with Gasteiger partial charge in [0.05, 0.1) is 13.7 Å². The minimum Gasteiger partial charge on any atom is -0.497 e. The number of rotatable bonds is 4. The zero-order chi connectivity index (χ0) is 12.5. The van der Waals surface area contributed by atoms with Crippen LogP contribution in [0.1, 0.15) is 5.56 Å². The van der Waals surface area contributed by atoms with E-state index >= 15 is 0 Å². The predicted octanol–water partition coefficient (Wildman–Crippen LogP) is 2.49. The van der Waals surface area contributed by atoms with Crippen molar-refractivity contribution in [2.75, 3.05) is 20.3 Å². The summed E-state index contributed by atoms with van der Waals surface area (Å²) in [5.74, 6) is -0.0545. The fourth-order valence-corrected chi connectivity index (χ4v) is 1.33. The molecule has 1 aromatic rings. The average molecular weight is 248 g/mol. The summed E-state index contributed by atoms with van der Waals surface area (Å²) in [5, 5.41) is 0. The fraction of sp³-hybridized carbons (Fsp3) is 0.455. The molecule has 1 unspecified atom stereocenters. The SMILES string of the molecule is COc1ccc(OCC2CO2)c(C(F)(F)F)c1. The number of halogens is 3. The van der Waals surface area contributed by atoms with E-state index in [1.165, 1.54) is 19.2 Å². The zero-order valence-corrected chi connectivity index (χ0v) is 9.08. The Morgan fingerprint density at radius 3 is 2.65 bits per heavy atom. The molecule has 2 rings (SSSR count). The van der Waals surface area contributed by atoms with Crippen molar-refractivity contribution in [3.8, 4) is 11.5 Å². The van der Waals surface area contributed by atoms with Crippen molar-refractivity contribution in [2.45, 2.75) is 12.3 Å². The maximum atomic E-state index is 12.7. The zero-order valence-electron chi connectivity index (χ0n) is 9.08. The Hall–Kier alpha value is -1.43. The number of alkyl halides is 3. The van der Waals surface area contributed by atoms with Gasteiger partial charge in [0.25, 0.3) is 0 Å². The second kappa shape index (κ2) is 4.44. The van der Waals surface area contributed by atoms with Crippen LogP contribution in [0, 0.1) is 0 Å². The van der Waals surface area contributed by atoms with Crippen molar-refractivity contribution in [1.29, 1.82) is 0 Å². The summed E-state index contributed by atoms with van der Waals surface area (Å²) in [6.45, 7) is 0.674. The number of methoxy groups -OCH3 is 1. The molecule has 0 aromatic heterocycles. The van der Waals surface area contributed by atoms with Crippen LogP contribution in [0.3, 0.4) is 0 Å². The monoisotopic (exact) mass is 248 g/mol. The third kappa shape index (κ3) is 3.03. The molecule has 6 heteroatoms. The Kier molecular flexibility index (Phi) is 3.15. The average Bonchev–Trinajstić information content (AvgIpc) is 3.08. The van der Waals surface area contributed by atoms with Crippen molar-refractivity contribution < 1.29 is 27.4 Å². The van der Waals surface area contributed by atoms with Crippen molar-refractivity contribution in [2.24, 2.45) is 0 Å². The molecule has 17 heavy (non-hydrogen) atoms. The van der Waals surface area contributed by atoms with Crippen LogP contribution in [-0.2, 0) is 10.9 Å². The van der Waals surface area contributed by atoms with Crippen LogP contribution < -0.4 is 9.47 Å². The minimum absolute atomic E-state index is 0.0850. The highest BCUT2D eigenvalue weighted by atomic mass is 19.4. The van der Waals surface area contributed by atoms with Crippen molar-refractivity contribution >= 4 is 0 Å². The first kappa shape index (κ1) is 12.0. The topological polar surface area (TPSA) is 31.0 Å². The molecule has 1 aromatic carbocycles. The fourth-order valence-electron chi connectivity index (χ4n) is 1.33. The van der Waals surface area contributed by atoms with Gasteiger partial charge in [0, 0.05) is 0 Å². The molecule has 0 saturated carbocycles. The summed E-state index contributed by atoms with van der Waals surface area (Å²) in [7, 11) is 1.31. The van der Waals surface area contributed by atoms with Gasteiger partial charge in [-0.2, -0.15) is 13.2 Å². The molecule has 0 N–H and O–H groups in total. The van der Waals surface area contributed by atoms with Gasteiger partial charge in [-0.25, -0.2) is 0 Å². The van der Waals surface area contributed by atoms with Crippen LogP contribution in [0.4, 0.5) is 13.2 Å². The quantitative estimate of drug-likeness (QED) is 0.767. The van der Waals surface area contributed by atoms with Gasteiger partial charge in [-0.15, -0.1) is 0 Å². The molecule has 3 nitrogen and oxygen atoms in total. The van der Waals surface area contributed by atoms with Crippen LogP contribution in [0.2, 0.25) is 0 Å². The normalized spacial score (nSPS) is 18.9. The molecule has 1 aliphatic rings. The van der Waals surface area contributed by atoms with Crippen LogP contribution in [0.25, 0.3) is 0 Å². The lowest BCUT2D eigenvalue weighted by Gasteiger charge is -2.14. The number of benzene rings is 1. The molecule has 0 aliphatic carbocycles. The summed E-state index contributed by atoms with van der Waals surface area (Å²) in [6.07, 6.45) is -4.55. The van der Waals surface area contributed by atoms with Crippen LogP contribution in [0.15, 0.2) is 18.2 Å². The van der Waals surface area contributed by atoms with E-state index < -0.39 is 11.7 Å². The van der Waals surface area contributed by atoms with Gasteiger partial charge in [0.15, 0.2) is 0 Å². The lowest BCUT2D eigenvalue weighted by Crippen LogP contribution is -2.11.